The van der Waals surface area contributed by atoms with E-state index in [4.69, 9.17) is 21.1 Å². The van der Waals surface area contributed by atoms with Crippen molar-refractivity contribution >= 4 is 23.6 Å². The maximum absolute atomic E-state index is 11.4. The zero-order chi connectivity index (χ0) is 11.7. The quantitative estimate of drug-likeness (QED) is 0.855. The third-order valence-electron chi connectivity index (χ3n) is 2.18. The zero-order valence-electron chi connectivity index (χ0n) is 8.32. The van der Waals surface area contributed by atoms with Crippen LogP contribution in [0.1, 0.15) is 11.7 Å². The van der Waals surface area contributed by atoms with Crippen LogP contribution in [0.4, 0.5) is 4.79 Å². The van der Waals surface area contributed by atoms with Crippen LogP contribution in [0, 0.1) is 0 Å². The van der Waals surface area contributed by atoms with E-state index in [1.165, 1.54) is 7.11 Å². The molecule has 0 aromatic heterocycles. The molecule has 1 N–H and O–H groups in total. The molecule has 1 aromatic carbocycles. The minimum absolute atomic E-state index is 0.314. The van der Waals surface area contributed by atoms with Crippen LogP contribution in [-0.4, -0.2) is 19.1 Å². The topological polar surface area (TPSA) is 64.6 Å². The van der Waals surface area contributed by atoms with E-state index in [1.54, 1.807) is 18.2 Å². The summed E-state index contributed by atoms with van der Waals surface area (Å²) in [6.07, 6.45) is -1.83. The third kappa shape index (κ3) is 1.69. The number of carbonyl (C=O) groups excluding carboxylic acids is 2. The van der Waals surface area contributed by atoms with Crippen LogP contribution in [0.5, 0.6) is 5.75 Å². The number of nitrogens with one attached hydrogen (secondary N) is 1. The van der Waals surface area contributed by atoms with Crippen molar-refractivity contribution in [2.75, 3.05) is 7.11 Å². The number of hydrogen-bond acceptors (Lipinski definition) is 4. The Morgan fingerprint density at radius 2 is 2.19 bits per heavy atom. The molecule has 84 valence electrons. The van der Waals surface area contributed by atoms with E-state index in [0.29, 0.717) is 16.3 Å². The summed E-state index contributed by atoms with van der Waals surface area (Å²) in [4.78, 5) is 22.3. The monoisotopic (exact) mass is 241 g/mol. The highest BCUT2D eigenvalue weighted by Gasteiger charge is 2.37. The molecule has 0 bridgehead atoms. The van der Waals surface area contributed by atoms with Crippen LogP contribution in [-0.2, 0) is 9.53 Å². The lowest BCUT2D eigenvalue weighted by molar-refractivity contribution is -0.123. The fourth-order valence-corrected chi connectivity index (χ4v) is 1.76. The molecular weight excluding hydrogens is 234 g/mol. The second-order valence-electron chi connectivity index (χ2n) is 3.13. The fourth-order valence-electron chi connectivity index (χ4n) is 1.50. The van der Waals surface area contributed by atoms with Gasteiger partial charge >= 0.3 is 6.09 Å². The number of alkyl carbamates (subject to hydrolysis) is 1. The number of methoxy groups -OCH3 is 1. The first kappa shape index (κ1) is 10.8. The molecule has 1 heterocycles. The predicted octanol–water partition coefficient (Wildman–Crippen LogP) is 1.66. The van der Waals surface area contributed by atoms with Crippen molar-refractivity contribution in [1.82, 2.24) is 5.32 Å². The molecule has 1 saturated heterocycles. The predicted molar refractivity (Wildman–Crippen MR) is 55.4 cm³/mol. The van der Waals surface area contributed by atoms with Crippen LogP contribution in [0.15, 0.2) is 18.2 Å². The summed E-state index contributed by atoms with van der Waals surface area (Å²) in [5.74, 6) is -0.140. The fraction of sp³-hybridized carbons (Fsp3) is 0.200. The molecule has 0 saturated carbocycles. The van der Waals surface area contributed by atoms with E-state index >= 15 is 0 Å². The first-order chi connectivity index (χ1) is 7.63. The van der Waals surface area contributed by atoms with Crippen molar-refractivity contribution < 1.29 is 19.1 Å². The Kier molecular flexibility index (Phi) is 2.70. The van der Waals surface area contributed by atoms with Gasteiger partial charge in [-0.15, -0.1) is 0 Å². The van der Waals surface area contributed by atoms with Crippen molar-refractivity contribution in [2.45, 2.75) is 6.10 Å². The molecule has 0 radical (unpaired) electrons. The van der Waals surface area contributed by atoms with Crippen LogP contribution in [0.3, 0.4) is 0 Å². The molecule has 1 aromatic rings. The Labute approximate surface area is 96.3 Å². The zero-order valence-corrected chi connectivity index (χ0v) is 9.08. The molecule has 1 atom stereocenters. The van der Waals surface area contributed by atoms with Crippen molar-refractivity contribution in [2.24, 2.45) is 0 Å². The number of amides is 2. The molecule has 5 nitrogen and oxygen atoms in total. The summed E-state index contributed by atoms with van der Waals surface area (Å²) in [7, 11) is 1.45. The van der Waals surface area contributed by atoms with Gasteiger partial charge in [0.1, 0.15) is 5.75 Å². The normalized spacial score (nSPS) is 19.2. The first-order valence-electron chi connectivity index (χ1n) is 4.47. The Hall–Kier alpha value is -1.75. The second-order valence-corrected chi connectivity index (χ2v) is 3.54. The number of imide groups is 1. The number of ether oxygens (including phenoxy) is 2. The van der Waals surface area contributed by atoms with Gasteiger partial charge in [-0.05, 0) is 12.1 Å². The van der Waals surface area contributed by atoms with Gasteiger partial charge < -0.3 is 9.47 Å². The van der Waals surface area contributed by atoms with Gasteiger partial charge in [-0.2, -0.15) is 0 Å². The summed E-state index contributed by atoms with van der Waals surface area (Å²) in [6, 6.07) is 4.92. The molecule has 2 amide bonds. The Bertz CT molecular complexity index is 460. The maximum atomic E-state index is 11.4. The number of cyclic esters (lactones) is 1. The SMILES string of the molecule is COc1cccc(Cl)c1C1OC(=O)NC1=O. The minimum Gasteiger partial charge on any atom is -0.496 e. The summed E-state index contributed by atoms with van der Waals surface area (Å²) in [5, 5.41) is 2.34. The summed E-state index contributed by atoms with van der Waals surface area (Å²) >= 11 is 5.95. The van der Waals surface area contributed by atoms with E-state index in [0.717, 1.165) is 0 Å². The van der Waals surface area contributed by atoms with Crippen molar-refractivity contribution in [3.63, 3.8) is 0 Å². The number of hydrogen-bond donors (Lipinski definition) is 1. The van der Waals surface area contributed by atoms with Gasteiger partial charge in [-0.1, -0.05) is 17.7 Å². The van der Waals surface area contributed by atoms with E-state index in [1.807, 2.05) is 5.32 Å². The van der Waals surface area contributed by atoms with Gasteiger partial charge in [0.15, 0.2) is 0 Å². The standard InChI is InChI=1S/C10H8ClNO4/c1-15-6-4-2-3-5(11)7(6)8-9(13)12-10(14)16-8/h2-4,8H,1H3,(H,12,13,14). The summed E-state index contributed by atoms with van der Waals surface area (Å²) < 4.78 is 9.89. The van der Waals surface area contributed by atoms with Gasteiger partial charge in [0.05, 0.1) is 17.7 Å². The average Bonchev–Trinajstić information content (AvgIpc) is 2.57. The molecule has 16 heavy (non-hydrogen) atoms. The van der Waals surface area contributed by atoms with E-state index in [2.05, 4.69) is 0 Å². The number of carbonyl (C=O) groups is 2. The highest BCUT2D eigenvalue weighted by molar-refractivity contribution is 6.32. The Balaban J connectivity index is 2.47. The van der Waals surface area contributed by atoms with E-state index < -0.39 is 18.1 Å². The highest BCUT2D eigenvalue weighted by atomic mass is 35.5. The molecule has 1 aliphatic heterocycles. The molecular formula is C10H8ClNO4. The summed E-state index contributed by atoms with van der Waals surface area (Å²) in [6.45, 7) is 0. The number of halogens is 1. The molecule has 1 aliphatic rings. The third-order valence-corrected chi connectivity index (χ3v) is 2.51. The largest absolute Gasteiger partial charge is 0.496 e. The molecule has 0 aliphatic carbocycles. The van der Waals surface area contributed by atoms with Crippen molar-refractivity contribution in [3.8, 4) is 5.75 Å². The van der Waals surface area contributed by atoms with Crippen molar-refractivity contribution in [1.29, 1.82) is 0 Å². The number of rotatable bonds is 2. The lowest BCUT2D eigenvalue weighted by Crippen LogP contribution is -2.20. The van der Waals surface area contributed by atoms with Gasteiger partial charge in [0.25, 0.3) is 5.91 Å². The number of benzene rings is 1. The minimum atomic E-state index is -1.05. The van der Waals surface area contributed by atoms with E-state index in [9.17, 15) is 9.59 Å². The van der Waals surface area contributed by atoms with Crippen LogP contribution < -0.4 is 10.1 Å². The maximum Gasteiger partial charge on any atom is 0.415 e. The van der Waals surface area contributed by atoms with Crippen LogP contribution >= 0.6 is 11.6 Å². The second kappa shape index (κ2) is 4.02. The highest BCUT2D eigenvalue weighted by Crippen LogP contribution is 2.35. The van der Waals surface area contributed by atoms with Gasteiger partial charge in [-0.25, -0.2) is 4.79 Å². The summed E-state index contributed by atoms with van der Waals surface area (Å²) in [5.41, 5.74) is 0.356. The smallest absolute Gasteiger partial charge is 0.415 e. The van der Waals surface area contributed by atoms with Crippen LogP contribution in [0.2, 0.25) is 5.02 Å². The van der Waals surface area contributed by atoms with Gasteiger partial charge in [-0.3, -0.25) is 10.1 Å². The average molecular weight is 242 g/mol. The Morgan fingerprint density at radius 3 is 2.75 bits per heavy atom. The van der Waals surface area contributed by atoms with Crippen LogP contribution in [0.25, 0.3) is 0 Å². The van der Waals surface area contributed by atoms with Gasteiger partial charge in [0.2, 0.25) is 6.10 Å². The van der Waals surface area contributed by atoms with Crippen molar-refractivity contribution in [3.05, 3.63) is 28.8 Å². The lowest BCUT2D eigenvalue weighted by atomic mass is 10.1. The first-order valence-corrected chi connectivity index (χ1v) is 4.85. The molecule has 2 rings (SSSR count). The Morgan fingerprint density at radius 1 is 1.44 bits per heavy atom. The molecule has 1 unspecified atom stereocenters. The van der Waals surface area contributed by atoms with Gasteiger partial charge in [0, 0.05) is 0 Å². The lowest BCUT2D eigenvalue weighted by Gasteiger charge is -2.13. The molecule has 6 heteroatoms. The molecule has 0 spiro atoms. The molecule has 1 fully saturated rings. The van der Waals surface area contributed by atoms with E-state index in [-0.39, 0.29) is 0 Å².